The molecule has 0 amide bonds. The molecule has 0 heterocycles. The smallest absolute Gasteiger partial charge is 0.253 e. The van der Waals surface area contributed by atoms with E-state index in [1.807, 2.05) is 30.8 Å². The number of hydrogen-bond acceptors (Lipinski definition) is 6. The molecule has 0 N–H and O–H groups in total. The summed E-state index contributed by atoms with van der Waals surface area (Å²) in [6.45, 7) is 7.85. The maximum Gasteiger partial charge on any atom is 0.253 e. The minimum absolute atomic E-state index is 0.177. The molecule has 0 unspecified atom stereocenters. The van der Waals surface area contributed by atoms with Crippen LogP contribution in [0.5, 0.6) is 0 Å². The summed E-state index contributed by atoms with van der Waals surface area (Å²) in [4.78, 5) is 27.2. The van der Waals surface area contributed by atoms with Crippen molar-refractivity contribution < 1.29 is 0 Å². The molecule has 0 saturated carbocycles. The van der Waals surface area contributed by atoms with Gasteiger partial charge in [-0.25, -0.2) is 0 Å². The van der Waals surface area contributed by atoms with Crippen molar-refractivity contribution in [2.75, 3.05) is 37.0 Å². The van der Waals surface area contributed by atoms with Crippen LogP contribution in [0.4, 0.5) is 11.4 Å². The van der Waals surface area contributed by atoms with E-state index in [1.54, 1.807) is 10.8 Å². The van der Waals surface area contributed by atoms with Crippen LogP contribution in [0.25, 0.3) is 0 Å². The SMILES string of the molecule is CCN(C)c1c(N(C)CCCCC(C)(C)SS)c(=O)c1=O. The van der Waals surface area contributed by atoms with Crippen molar-refractivity contribution in [3.05, 3.63) is 20.4 Å². The van der Waals surface area contributed by atoms with Crippen LogP contribution in [0.3, 0.4) is 0 Å². The number of rotatable bonds is 9. The molecule has 21 heavy (non-hydrogen) atoms. The van der Waals surface area contributed by atoms with E-state index in [2.05, 4.69) is 25.5 Å². The summed E-state index contributed by atoms with van der Waals surface area (Å²) in [5.74, 6) is 0. The maximum atomic E-state index is 11.8. The highest BCUT2D eigenvalue weighted by molar-refractivity contribution is 8.69. The third kappa shape index (κ3) is 4.42. The van der Waals surface area contributed by atoms with Crippen molar-refractivity contribution in [3.63, 3.8) is 0 Å². The summed E-state index contributed by atoms with van der Waals surface area (Å²) in [6, 6.07) is 0. The van der Waals surface area contributed by atoms with E-state index < -0.39 is 0 Å². The van der Waals surface area contributed by atoms with Crippen LogP contribution in [-0.4, -0.2) is 31.9 Å². The molecule has 0 atom stereocenters. The molecule has 6 heteroatoms. The van der Waals surface area contributed by atoms with Gasteiger partial charge in [0.05, 0.1) is 0 Å². The maximum absolute atomic E-state index is 11.8. The predicted octanol–water partition coefficient (Wildman–Crippen LogP) is 2.70. The lowest BCUT2D eigenvalue weighted by Gasteiger charge is -2.28. The molecule has 0 bridgehead atoms. The molecule has 0 spiro atoms. The molecule has 1 rings (SSSR count). The van der Waals surface area contributed by atoms with Crippen LogP contribution < -0.4 is 20.7 Å². The molecule has 1 aromatic rings. The molecule has 0 aliphatic rings. The van der Waals surface area contributed by atoms with Gasteiger partial charge in [0.25, 0.3) is 10.9 Å². The molecular formula is C15H26N2O2S2. The van der Waals surface area contributed by atoms with Gasteiger partial charge in [-0.15, -0.1) is 11.7 Å². The molecule has 0 fully saturated rings. The Hall–Kier alpha value is -0.620. The fourth-order valence-electron chi connectivity index (χ4n) is 2.29. The zero-order valence-corrected chi connectivity index (χ0v) is 15.3. The van der Waals surface area contributed by atoms with Gasteiger partial charge in [0, 0.05) is 31.9 Å². The minimum atomic E-state index is -0.353. The Morgan fingerprint density at radius 1 is 1.05 bits per heavy atom. The molecule has 4 nitrogen and oxygen atoms in total. The van der Waals surface area contributed by atoms with E-state index in [9.17, 15) is 9.59 Å². The van der Waals surface area contributed by atoms with Gasteiger partial charge in [-0.3, -0.25) is 9.59 Å². The Labute approximate surface area is 136 Å². The first kappa shape index (κ1) is 18.4. The highest BCUT2D eigenvalue weighted by atomic mass is 33.1. The fourth-order valence-corrected chi connectivity index (χ4v) is 2.80. The molecular weight excluding hydrogens is 304 g/mol. The lowest BCUT2D eigenvalue weighted by atomic mass is 10.0. The van der Waals surface area contributed by atoms with Crippen LogP contribution in [0, 0.1) is 0 Å². The number of nitrogens with zero attached hydrogens (tertiary/aromatic N) is 2. The van der Waals surface area contributed by atoms with Gasteiger partial charge in [-0.1, -0.05) is 17.2 Å². The second kappa shape index (κ2) is 7.58. The number of anilines is 2. The third-order valence-electron chi connectivity index (χ3n) is 3.87. The van der Waals surface area contributed by atoms with Crippen molar-refractivity contribution in [3.8, 4) is 0 Å². The minimum Gasteiger partial charge on any atom is -0.370 e. The van der Waals surface area contributed by atoms with Gasteiger partial charge in [0.2, 0.25) is 0 Å². The Balaban J connectivity index is 2.58. The van der Waals surface area contributed by atoms with Crippen LogP contribution in [0.2, 0.25) is 0 Å². The summed E-state index contributed by atoms with van der Waals surface area (Å²) in [5, 5.41) is 0. The lowest BCUT2D eigenvalue weighted by Crippen LogP contribution is -2.44. The summed E-state index contributed by atoms with van der Waals surface area (Å²) >= 11 is 4.28. The van der Waals surface area contributed by atoms with Crippen molar-refractivity contribution in [2.45, 2.75) is 44.8 Å². The average Bonchev–Trinajstić information content (AvgIpc) is 2.47. The molecule has 0 saturated heterocycles. The van der Waals surface area contributed by atoms with Crippen molar-refractivity contribution in [1.82, 2.24) is 0 Å². The van der Waals surface area contributed by atoms with E-state index in [4.69, 9.17) is 0 Å². The Bertz CT molecular complexity index is 536. The number of unbranched alkanes of at least 4 members (excludes halogenated alkanes) is 1. The summed E-state index contributed by atoms with van der Waals surface area (Å²) in [5.41, 5.74) is 0.441. The van der Waals surface area contributed by atoms with E-state index in [1.165, 1.54) is 0 Å². The zero-order valence-electron chi connectivity index (χ0n) is 13.6. The third-order valence-corrected chi connectivity index (χ3v) is 6.05. The van der Waals surface area contributed by atoms with Crippen LogP contribution in [0.15, 0.2) is 9.59 Å². The molecule has 0 aromatic heterocycles. The highest BCUT2D eigenvalue weighted by Gasteiger charge is 2.26. The first-order valence-electron chi connectivity index (χ1n) is 7.33. The molecule has 0 aliphatic carbocycles. The van der Waals surface area contributed by atoms with Crippen LogP contribution in [0.1, 0.15) is 40.0 Å². The van der Waals surface area contributed by atoms with Gasteiger partial charge in [-0.2, -0.15) is 0 Å². The van der Waals surface area contributed by atoms with Gasteiger partial charge in [-0.05, 0) is 33.6 Å². The largest absolute Gasteiger partial charge is 0.370 e. The van der Waals surface area contributed by atoms with Gasteiger partial charge < -0.3 is 9.80 Å². The molecule has 1 aromatic carbocycles. The average molecular weight is 331 g/mol. The van der Waals surface area contributed by atoms with E-state index >= 15 is 0 Å². The second-order valence-electron chi connectivity index (χ2n) is 6.10. The molecule has 120 valence electrons. The summed E-state index contributed by atoms with van der Waals surface area (Å²) < 4.78 is 0.177. The first-order valence-corrected chi connectivity index (χ1v) is 9.20. The Morgan fingerprint density at radius 2 is 1.57 bits per heavy atom. The summed E-state index contributed by atoms with van der Waals surface area (Å²) in [7, 11) is 5.32. The highest BCUT2D eigenvalue weighted by Crippen LogP contribution is 2.32. The Morgan fingerprint density at radius 3 is 2.05 bits per heavy atom. The van der Waals surface area contributed by atoms with Gasteiger partial charge in [0.1, 0.15) is 11.4 Å². The van der Waals surface area contributed by atoms with E-state index in [0.717, 1.165) is 32.4 Å². The number of thiol groups is 1. The standard InChI is InChI=1S/C15H26N2O2S2/c1-6-16(4)11-12(14(19)13(11)18)17(5)10-8-7-9-15(2,3)21-20/h20H,6-10H2,1-5H3. The quantitative estimate of drug-likeness (QED) is 0.326. The molecule has 0 aliphatic heterocycles. The van der Waals surface area contributed by atoms with Crippen LogP contribution in [-0.2, 0) is 0 Å². The van der Waals surface area contributed by atoms with Crippen LogP contribution >= 0.6 is 22.5 Å². The van der Waals surface area contributed by atoms with Gasteiger partial charge >= 0.3 is 0 Å². The predicted molar refractivity (Wildman–Crippen MR) is 98.1 cm³/mol. The lowest BCUT2D eigenvalue weighted by molar-refractivity contribution is 0.579. The normalized spacial score (nSPS) is 11.9. The molecule has 0 radical (unpaired) electrons. The van der Waals surface area contributed by atoms with Crippen molar-refractivity contribution in [1.29, 1.82) is 0 Å². The van der Waals surface area contributed by atoms with Gasteiger partial charge in [0.15, 0.2) is 0 Å². The Kier molecular flexibility index (Phi) is 6.66. The van der Waals surface area contributed by atoms with Crippen molar-refractivity contribution in [2.24, 2.45) is 0 Å². The fraction of sp³-hybridized carbons (Fsp3) is 0.733. The number of hydrogen-bond donors (Lipinski definition) is 1. The second-order valence-corrected chi connectivity index (χ2v) is 7.93. The van der Waals surface area contributed by atoms with Crippen molar-refractivity contribution >= 4 is 33.8 Å². The monoisotopic (exact) mass is 330 g/mol. The van der Waals surface area contributed by atoms with E-state index in [0.29, 0.717) is 11.4 Å². The topological polar surface area (TPSA) is 40.6 Å². The zero-order chi connectivity index (χ0) is 16.2. The summed E-state index contributed by atoms with van der Waals surface area (Å²) in [6.07, 6.45) is 3.17. The van der Waals surface area contributed by atoms with E-state index in [-0.39, 0.29) is 15.6 Å². The first-order chi connectivity index (χ1) is 9.75.